The summed E-state index contributed by atoms with van der Waals surface area (Å²) < 4.78 is 5.08. The lowest BCUT2D eigenvalue weighted by molar-refractivity contribution is 0.410. The highest BCUT2D eigenvalue weighted by Crippen LogP contribution is 2.18. The van der Waals surface area contributed by atoms with E-state index >= 15 is 0 Å². The predicted octanol–water partition coefficient (Wildman–Crippen LogP) is 2.82. The Morgan fingerprint density at radius 2 is 1.95 bits per heavy atom. The summed E-state index contributed by atoms with van der Waals surface area (Å²) in [6.45, 7) is 5.08. The van der Waals surface area contributed by atoms with E-state index in [0.29, 0.717) is 17.5 Å². The molecule has 0 amide bonds. The fourth-order valence-electron chi connectivity index (χ4n) is 1.90. The van der Waals surface area contributed by atoms with E-state index in [1.807, 2.05) is 0 Å². The minimum atomic E-state index is 0.382. The molecule has 0 aliphatic carbocycles. The van der Waals surface area contributed by atoms with Crippen molar-refractivity contribution < 1.29 is 4.74 Å². The molecule has 4 heteroatoms. The molecule has 0 bridgehead atoms. The summed E-state index contributed by atoms with van der Waals surface area (Å²) >= 11 is 0. The molecule has 1 aliphatic rings. The Morgan fingerprint density at radius 3 is 2.58 bits per heavy atom. The summed E-state index contributed by atoms with van der Waals surface area (Å²) in [4.78, 5) is 13.3. The summed E-state index contributed by atoms with van der Waals surface area (Å²) in [5.74, 6) is 1.70. The van der Waals surface area contributed by atoms with Crippen LogP contribution >= 0.6 is 0 Å². The molecule has 2 rings (SSSR count). The molecule has 100 valence electrons. The summed E-state index contributed by atoms with van der Waals surface area (Å²) in [7, 11) is 1.61. The number of nitrogens with zero attached hydrogens (tertiary/aromatic N) is 3. The van der Waals surface area contributed by atoms with Crippen molar-refractivity contribution in [1.29, 1.82) is 0 Å². The Balaban J connectivity index is 2.40. The minimum Gasteiger partial charge on any atom is -0.494 e. The van der Waals surface area contributed by atoms with Crippen molar-refractivity contribution in [2.75, 3.05) is 13.7 Å². The number of hydrogen-bond donors (Lipinski definition) is 0. The molecule has 0 aromatic carbocycles. The van der Waals surface area contributed by atoms with Gasteiger partial charge in [0.15, 0.2) is 11.6 Å². The lowest BCUT2D eigenvalue weighted by Crippen LogP contribution is -2.15. The number of ether oxygens (including phenoxy) is 1. The normalized spacial score (nSPS) is 22.7. The SMILES string of the molecule is COc1cnc(C2=N/CC/C=C/C=C\2C(C)C)nc1. The third-order valence-corrected chi connectivity index (χ3v) is 2.95. The van der Waals surface area contributed by atoms with Crippen LogP contribution in [0.15, 0.2) is 41.2 Å². The number of aliphatic imine (C=N–C) groups is 1. The highest BCUT2D eigenvalue weighted by atomic mass is 16.5. The van der Waals surface area contributed by atoms with Crippen LogP contribution in [0.2, 0.25) is 0 Å². The highest BCUT2D eigenvalue weighted by molar-refractivity contribution is 6.10. The van der Waals surface area contributed by atoms with Crippen molar-refractivity contribution in [2.45, 2.75) is 20.3 Å². The first kappa shape index (κ1) is 13.5. The molecule has 4 nitrogen and oxygen atoms in total. The molecular formula is C15H19N3O. The zero-order chi connectivity index (χ0) is 13.7. The fourth-order valence-corrected chi connectivity index (χ4v) is 1.90. The van der Waals surface area contributed by atoms with E-state index in [-0.39, 0.29) is 0 Å². The van der Waals surface area contributed by atoms with Crippen LogP contribution in [-0.2, 0) is 0 Å². The summed E-state index contributed by atoms with van der Waals surface area (Å²) in [6, 6.07) is 0. The number of hydrogen-bond acceptors (Lipinski definition) is 4. The molecule has 1 aromatic rings. The molecule has 0 saturated carbocycles. The van der Waals surface area contributed by atoms with Crippen LogP contribution in [0, 0.1) is 5.92 Å². The van der Waals surface area contributed by atoms with Gasteiger partial charge in [0.25, 0.3) is 0 Å². The Bertz CT molecular complexity index is 513. The van der Waals surface area contributed by atoms with Gasteiger partial charge in [0.1, 0.15) is 5.71 Å². The van der Waals surface area contributed by atoms with E-state index in [1.54, 1.807) is 19.5 Å². The second-order valence-corrected chi connectivity index (χ2v) is 4.67. The first-order valence-corrected chi connectivity index (χ1v) is 6.50. The van der Waals surface area contributed by atoms with Gasteiger partial charge < -0.3 is 4.74 Å². The molecule has 0 fully saturated rings. The Morgan fingerprint density at radius 1 is 1.21 bits per heavy atom. The van der Waals surface area contributed by atoms with Gasteiger partial charge in [0.05, 0.1) is 19.5 Å². The van der Waals surface area contributed by atoms with Crippen LogP contribution in [0.5, 0.6) is 5.75 Å². The largest absolute Gasteiger partial charge is 0.494 e. The van der Waals surface area contributed by atoms with Crippen LogP contribution < -0.4 is 4.74 Å². The van der Waals surface area contributed by atoms with Gasteiger partial charge >= 0.3 is 0 Å². The maximum absolute atomic E-state index is 5.08. The van der Waals surface area contributed by atoms with Crippen LogP contribution in [0.1, 0.15) is 26.1 Å². The van der Waals surface area contributed by atoms with Crippen molar-refractivity contribution in [2.24, 2.45) is 10.9 Å². The fraction of sp³-hybridized carbons (Fsp3) is 0.400. The topological polar surface area (TPSA) is 47.4 Å². The molecule has 0 unspecified atom stereocenters. The molecule has 0 radical (unpaired) electrons. The minimum absolute atomic E-state index is 0.382. The molecule has 0 N–H and O–H groups in total. The van der Waals surface area contributed by atoms with Gasteiger partial charge in [-0.05, 0) is 17.9 Å². The molecule has 0 atom stereocenters. The predicted molar refractivity (Wildman–Crippen MR) is 76.7 cm³/mol. The lowest BCUT2D eigenvalue weighted by atomic mass is 9.96. The first-order valence-electron chi connectivity index (χ1n) is 6.50. The van der Waals surface area contributed by atoms with Crippen molar-refractivity contribution >= 4 is 5.71 Å². The first-order chi connectivity index (χ1) is 9.22. The second-order valence-electron chi connectivity index (χ2n) is 4.67. The maximum atomic E-state index is 5.08. The third kappa shape index (κ3) is 3.28. The van der Waals surface area contributed by atoms with Crippen LogP contribution in [-0.4, -0.2) is 29.3 Å². The molecule has 0 spiro atoms. The summed E-state index contributed by atoms with van der Waals surface area (Å²) in [5.41, 5.74) is 2.06. The van der Waals surface area contributed by atoms with Gasteiger partial charge in [-0.3, -0.25) is 4.99 Å². The van der Waals surface area contributed by atoms with E-state index in [4.69, 9.17) is 4.74 Å². The average Bonchev–Trinajstić information content (AvgIpc) is 2.38. The quantitative estimate of drug-likeness (QED) is 0.836. The monoisotopic (exact) mass is 257 g/mol. The van der Waals surface area contributed by atoms with Gasteiger partial charge in [0.2, 0.25) is 0 Å². The van der Waals surface area contributed by atoms with Gasteiger partial charge in [-0.2, -0.15) is 0 Å². The van der Waals surface area contributed by atoms with Crippen molar-refractivity contribution in [1.82, 2.24) is 9.97 Å². The van der Waals surface area contributed by atoms with E-state index in [2.05, 4.69) is 47.0 Å². The van der Waals surface area contributed by atoms with E-state index in [0.717, 1.165) is 18.7 Å². The summed E-state index contributed by atoms with van der Waals surface area (Å²) in [5, 5.41) is 0. The van der Waals surface area contributed by atoms with Crippen molar-refractivity contribution in [3.8, 4) is 5.75 Å². The highest BCUT2D eigenvalue weighted by Gasteiger charge is 2.16. The van der Waals surface area contributed by atoms with E-state index < -0.39 is 0 Å². The Labute approximate surface area is 114 Å². The maximum Gasteiger partial charge on any atom is 0.178 e. The molecular weight excluding hydrogens is 238 g/mol. The van der Waals surface area contributed by atoms with Crippen molar-refractivity contribution in [3.63, 3.8) is 0 Å². The van der Waals surface area contributed by atoms with E-state index in [1.165, 1.54) is 5.57 Å². The van der Waals surface area contributed by atoms with Gasteiger partial charge in [-0.25, -0.2) is 9.97 Å². The van der Waals surface area contributed by atoms with Crippen LogP contribution in [0.25, 0.3) is 0 Å². The zero-order valence-electron chi connectivity index (χ0n) is 11.6. The zero-order valence-corrected chi connectivity index (χ0v) is 11.6. The van der Waals surface area contributed by atoms with E-state index in [9.17, 15) is 0 Å². The smallest absolute Gasteiger partial charge is 0.178 e. The van der Waals surface area contributed by atoms with Gasteiger partial charge in [0, 0.05) is 6.54 Å². The average molecular weight is 257 g/mol. The number of allylic oxidation sites excluding steroid dienone is 3. The molecule has 1 aliphatic heterocycles. The molecule has 19 heavy (non-hydrogen) atoms. The second kappa shape index (κ2) is 6.27. The summed E-state index contributed by atoms with van der Waals surface area (Å²) in [6.07, 6.45) is 10.6. The molecule has 0 saturated heterocycles. The van der Waals surface area contributed by atoms with Gasteiger partial charge in [-0.15, -0.1) is 0 Å². The van der Waals surface area contributed by atoms with Crippen LogP contribution in [0.3, 0.4) is 0 Å². The molecule has 2 heterocycles. The lowest BCUT2D eigenvalue weighted by Gasteiger charge is -2.14. The standard InChI is InChI=1S/C15H19N3O/c1-11(2)13-7-5-4-6-8-16-14(13)15-17-9-12(19-3)10-18-15/h4-5,7,9-11H,6,8H2,1-3H3/b5-4+,13-7-,16-14+. The Hall–Kier alpha value is -1.97. The molecule has 1 aromatic heterocycles. The van der Waals surface area contributed by atoms with Crippen LogP contribution in [0.4, 0.5) is 0 Å². The Kier molecular flexibility index (Phi) is 4.44. The van der Waals surface area contributed by atoms with Gasteiger partial charge in [-0.1, -0.05) is 32.1 Å². The number of methoxy groups -OCH3 is 1. The van der Waals surface area contributed by atoms with Crippen molar-refractivity contribution in [3.05, 3.63) is 42.0 Å². The third-order valence-electron chi connectivity index (χ3n) is 2.95. The number of rotatable bonds is 3. The number of aromatic nitrogens is 2.